The predicted octanol–water partition coefficient (Wildman–Crippen LogP) is 2.40. The number of carbonyl (C=O) groups is 1. The van der Waals surface area contributed by atoms with Crippen LogP contribution in [0.1, 0.15) is 28.1 Å². The summed E-state index contributed by atoms with van der Waals surface area (Å²) in [5, 5.41) is 8.06. The molecule has 0 spiro atoms. The molecule has 1 saturated heterocycles. The fourth-order valence-electron chi connectivity index (χ4n) is 3.73. The Hall–Kier alpha value is -3.09. The van der Waals surface area contributed by atoms with Crippen molar-refractivity contribution in [2.75, 3.05) is 24.5 Å². The molecule has 1 atom stereocenters. The highest BCUT2D eigenvalue weighted by Gasteiger charge is 2.25. The van der Waals surface area contributed by atoms with Gasteiger partial charge < -0.3 is 14.6 Å². The van der Waals surface area contributed by atoms with Gasteiger partial charge >= 0.3 is 0 Å². The molecule has 4 rings (SSSR count). The zero-order chi connectivity index (χ0) is 19.8. The highest BCUT2D eigenvalue weighted by Crippen LogP contribution is 2.26. The molecule has 146 valence electrons. The highest BCUT2D eigenvalue weighted by atomic mass is 16.3. The lowest BCUT2D eigenvalue weighted by Crippen LogP contribution is -2.31. The van der Waals surface area contributed by atoms with Crippen molar-refractivity contribution < 1.29 is 9.21 Å². The minimum Gasteiger partial charge on any atom is -0.451 e. The van der Waals surface area contributed by atoms with Gasteiger partial charge in [-0.3, -0.25) is 9.59 Å². The van der Waals surface area contributed by atoms with Crippen LogP contribution in [-0.2, 0) is 7.05 Å². The summed E-state index contributed by atoms with van der Waals surface area (Å²) in [7, 11) is 1.63. The molecule has 1 aliphatic heterocycles. The SMILES string of the molecule is Cc1ccc2c(C)c(C(=O)NC[C@@H]3CCN(c4cnn(C)c(=O)c4)C3)oc2c1. The van der Waals surface area contributed by atoms with Gasteiger partial charge in [-0.25, -0.2) is 4.68 Å². The molecule has 1 aliphatic rings. The van der Waals surface area contributed by atoms with E-state index in [0.29, 0.717) is 18.2 Å². The topological polar surface area (TPSA) is 80.4 Å². The Kier molecular flexibility index (Phi) is 4.66. The molecule has 7 heteroatoms. The number of fused-ring (bicyclic) bond motifs is 1. The Morgan fingerprint density at radius 1 is 1.32 bits per heavy atom. The first kappa shape index (κ1) is 18.3. The number of hydrogen-bond acceptors (Lipinski definition) is 5. The molecule has 3 aromatic rings. The summed E-state index contributed by atoms with van der Waals surface area (Å²) < 4.78 is 7.12. The first-order valence-electron chi connectivity index (χ1n) is 9.48. The summed E-state index contributed by atoms with van der Waals surface area (Å²) in [6.45, 7) is 6.12. The molecule has 2 aromatic heterocycles. The predicted molar refractivity (Wildman–Crippen MR) is 108 cm³/mol. The van der Waals surface area contributed by atoms with Crippen LogP contribution in [0, 0.1) is 19.8 Å². The third-order valence-corrected chi connectivity index (χ3v) is 5.46. The fourth-order valence-corrected chi connectivity index (χ4v) is 3.73. The van der Waals surface area contributed by atoms with Gasteiger partial charge in [-0.05, 0) is 37.8 Å². The number of furan rings is 1. The quantitative estimate of drug-likeness (QED) is 0.752. The molecule has 0 radical (unpaired) electrons. The van der Waals surface area contributed by atoms with Crippen molar-refractivity contribution in [2.45, 2.75) is 20.3 Å². The van der Waals surface area contributed by atoms with Crippen LogP contribution in [0.5, 0.6) is 0 Å². The van der Waals surface area contributed by atoms with Crippen molar-refractivity contribution in [2.24, 2.45) is 13.0 Å². The summed E-state index contributed by atoms with van der Waals surface area (Å²) in [6.07, 6.45) is 2.66. The normalized spacial score (nSPS) is 16.7. The van der Waals surface area contributed by atoms with E-state index >= 15 is 0 Å². The number of amides is 1. The van der Waals surface area contributed by atoms with Crippen LogP contribution in [0.3, 0.4) is 0 Å². The molecule has 1 amide bonds. The fraction of sp³-hybridized carbons (Fsp3) is 0.381. The van der Waals surface area contributed by atoms with Crippen LogP contribution < -0.4 is 15.8 Å². The van der Waals surface area contributed by atoms with E-state index in [4.69, 9.17) is 4.42 Å². The van der Waals surface area contributed by atoms with E-state index < -0.39 is 0 Å². The van der Waals surface area contributed by atoms with Crippen LogP contribution in [0.2, 0.25) is 0 Å². The summed E-state index contributed by atoms with van der Waals surface area (Å²) in [6, 6.07) is 7.57. The summed E-state index contributed by atoms with van der Waals surface area (Å²) in [4.78, 5) is 26.6. The van der Waals surface area contributed by atoms with E-state index in [0.717, 1.165) is 47.3 Å². The van der Waals surface area contributed by atoms with Crippen molar-refractivity contribution in [1.29, 1.82) is 0 Å². The maximum atomic E-state index is 12.6. The van der Waals surface area contributed by atoms with Gasteiger partial charge in [0.25, 0.3) is 11.5 Å². The zero-order valence-corrected chi connectivity index (χ0v) is 16.4. The number of anilines is 1. The van der Waals surface area contributed by atoms with Crippen LogP contribution in [0.15, 0.2) is 39.7 Å². The molecule has 0 aliphatic carbocycles. The second-order valence-corrected chi connectivity index (χ2v) is 7.54. The monoisotopic (exact) mass is 380 g/mol. The molecule has 7 nitrogen and oxygen atoms in total. The van der Waals surface area contributed by atoms with Gasteiger partial charge in [0.1, 0.15) is 5.58 Å². The van der Waals surface area contributed by atoms with Gasteiger partial charge in [0, 0.05) is 43.7 Å². The minimum atomic E-state index is -0.181. The number of hydrogen-bond donors (Lipinski definition) is 1. The second-order valence-electron chi connectivity index (χ2n) is 7.54. The molecule has 1 N–H and O–H groups in total. The lowest BCUT2D eigenvalue weighted by molar-refractivity contribution is 0.0922. The first-order chi connectivity index (χ1) is 13.4. The molecule has 0 bridgehead atoms. The number of nitrogens with one attached hydrogen (secondary N) is 1. The van der Waals surface area contributed by atoms with Gasteiger partial charge in [-0.1, -0.05) is 12.1 Å². The molecule has 0 unspecified atom stereocenters. The number of aromatic nitrogens is 2. The van der Waals surface area contributed by atoms with Gasteiger partial charge in [0.05, 0.1) is 11.9 Å². The molecule has 0 saturated carbocycles. The van der Waals surface area contributed by atoms with Crippen molar-refractivity contribution in [3.05, 3.63) is 57.7 Å². The third kappa shape index (κ3) is 3.40. The highest BCUT2D eigenvalue weighted by molar-refractivity contribution is 5.99. The average molecular weight is 380 g/mol. The molecule has 1 aromatic carbocycles. The number of carbonyl (C=O) groups excluding carboxylic acids is 1. The maximum Gasteiger partial charge on any atom is 0.287 e. The lowest BCUT2D eigenvalue weighted by atomic mass is 10.1. The standard InChI is InChI=1S/C21H24N4O3/c1-13-4-5-17-14(2)20(28-18(17)8-13)21(27)22-10-15-6-7-25(12-15)16-9-19(26)24(3)23-11-16/h4-5,8-9,11,15H,6-7,10,12H2,1-3H3,(H,22,27)/t15-/m0/s1. The zero-order valence-electron chi connectivity index (χ0n) is 16.4. The van der Waals surface area contributed by atoms with Gasteiger partial charge in [-0.15, -0.1) is 0 Å². The van der Waals surface area contributed by atoms with E-state index in [-0.39, 0.29) is 11.5 Å². The number of rotatable bonds is 4. The van der Waals surface area contributed by atoms with E-state index in [1.54, 1.807) is 19.3 Å². The number of aryl methyl sites for hydroxylation is 3. The van der Waals surface area contributed by atoms with Crippen LogP contribution in [0.4, 0.5) is 5.69 Å². The van der Waals surface area contributed by atoms with Crippen molar-refractivity contribution in [3.63, 3.8) is 0 Å². The smallest absolute Gasteiger partial charge is 0.287 e. The van der Waals surface area contributed by atoms with E-state index in [1.165, 1.54) is 4.68 Å². The van der Waals surface area contributed by atoms with Crippen molar-refractivity contribution >= 4 is 22.6 Å². The Labute approximate surface area is 162 Å². The van der Waals surface area contributed by atoms with Crippen molar-refractivity contribution in [1.82, 2.24) is 15.1 Å². The van der Waals surface area contributed by atoms with Crippen molar-refractivity contribution in [3.8, 4) is 0 Å². The minimum absolute atomic E-state index is 0.121. The average Bonchev–Trinajstić information content (AvgIpc) is 3.27. The third-order valence-electron chi connectivity index (χ3n) is 5.46. The Balaban J connectivity index is 1.40. The van der Waals surface area contributed by atoms with Gasteiger partial charge in [0.15, 0.2) is 5.76 Å². The molecule has 3 heterocycles. The van der Waals surface area contributed by atoms with Gasteiger partial charge in [0.2, 0.25) is 0 Å². The number of nitrogens with zero attached hydrogens (tertiary/aromatic N) is 3. The summed E-state index contributed by atoms with van der Waals surface area (Å²) >= 11 is 0. The Bertz CT molecular complexity index is 1100. The second kappa shape index (κ2) is 7.14. The first-order valence-corrected chi connectivity index (χ1v) is 9.48. The van der Waals surface area contributed by atoms with E-state index in [2.05, 4.69) is 15.3 Å². The molecular weight excluding hydrogens is 356 g/mol. The van der Waals surface area contributed by atoms with Crippen LogP contribution in [-0.4, -0.2) is 35.3 Å². The summed E-state index contributed by atoms with van der Waals surface area (Å²) in [5.74, 6) is 0.520. The maximum absolute atomic E-state index is 12.6. The van der Waals surface area contributed by atoms with Crippen LogP contribution in [0.25, 0.3) is 11.0 Å². The summed E-state index contributed by atoms with van der Waals surface area (Å²) in [5.41, 5.74) is 3.43. The largest absolute Gasteiger partial charge is 0.451 e. The van der Waals surface area contributed by atoms with E-state index in [1.807, 2.05) is 32.0 Å². The van der Waals surface area contributed by atoms with Crippen LogP contribution >= 0.6 is 0 Å². The molecular formula is C21H24N4O3. The molecule has 1 fully saturated rings. The number of benzene rings is 1. The van der Waals surface area contributed by atoms with Gasteiger partial charge in [-0.2, -0.15) is 5.10 Å². The Morgan fingerprint density at radius 3 is 2.93 bits per heavy atom. The Morgan fingerprint density at radius 2 is 2.14 bits per heavy atom. The van der Waals surface area contributed by atoms with E-state index in [9.17, 15) is 9.59 Å². The lowest BCUT2D eigenvalue weighted by Gasteiger charge is -2.18. The molecule has 28 heavy (non-hydrogen) atoms.